The first kappa shape index (κ1) is 22.2. The molecule has 9 heteroatoms. The largest absolute Gasteiger partial charge is 0.382 e. The van der Waals surface area contributed by atoms with Crippen molar-refractivity contribution in [3.05, 3.63) is 78.4 Å². The van der Waals surface area contributed by atoms with Crippen LogP contribution in [-0.4, -0.2) is 61.9 Å². The molecule has 0 saturated carbocycles. The molecule has 1 saturated heterocycles. The van der Waals surface area contributed by atoms with Crippen molar-refractivity contribution in [2.75, 3.05) is 32.4 Å². The zero-order valence-corrected chi connectivity index (χ0v) is 20.1. The van der Waals surface area contributed by atoms with Gasteiger partial charge in [-0.05, 0) is 36.2 Å². The molecule has 1 amide bonds. The third-order valence-electron chi connectivity index (χ3n) is 7.00. The van der Waals surface area contributed by atoms with Crippen LogP contribution in [0.15, 0.2) is 67.1 Å². The molecule has 0 bridgehead atoms. The Balaban J connectivity index is 1.36. The van der Waals surface area contributed by atoms with Gasteiger partial charge in [0.05, 0.1) is 18.6 Å². The molecule has 4 heterocycles. The maximum Gasteiger partial charge on any atom is 0.233 e. The van der Waals surface area contributed by atoms with E-state index in [0.29, 0.717) is 12.4 Å². The van der Waals surface area contributed by atoms with E-state index in [0.717, 1.165) is 59.3 Å². The van der Waals surface area contributed by atoms with Crippen molar-refractivity contribution >= 4 is 28.1 Å². The lowest BCUT2D eigenvalue weighted by Gasteiger charge is -2.14. The maximum atomic E-state index is 11.9. The Labute approximate surface area is 208 Å². The average Bonchev–Trinajstić information content (AvgIpc) is 3.61. The second-order valence-corrected chi connectivity index (χ2v) is 9.37. The number of carbonyl (C=O) groups is 1. The van der Waals surface area contributed by atoms with E-state index in [-0.39, 0.29) is 11.8 Å². The molecule has 36 heavy (non-hydrogen) atoms. The first-order valence-electron chi connectivity index (χ1n) is 12.2. The van der Waals surface area contributed by atoms with Crippen molar-refractivity contribution in [3.63, 3.8) is 0 Å². The normalized spacial score (nSPS) is 16.2. The summed E-state index contributed by atoms with van der Waals surface area (Å²) in [7, 11) is 1.67. The Hall–Kier alpha value is -4.24. The molecule has 1 fully saturated rings. The molecule has 0 spiro atoms. The number of nitrogens with one attached hydrogen (secondary N) is 1. The van der Waals surface area contributed by atoms with Gasteiger partial charge in [-0.1, -0.05) is 42.5 Å². The number of likely N-dealkylation sites (tertiary alicyclic amines) is 1. The fourth-order valence-electron chi connectivity index (χ4n) is 5.19. The summed E-state index contributed by atoms with van der Waals surface area (Å²) in [5, 5.41) is 13.2. The van der Waals surface area contributed by atoms with Gasteiger partial charge in [0.1, 0.15) is 11.8 Å². The number of fused-ring (bicyclic) bond motifs is 2. The standard InChI is InChI=1S/C27H28N8O/c1-29-25(36)16-33-10-9-21(14-33)24-12-22(26-27(28)30-17-31-35(24)26)19-7-8-20-15-34(32-23(20)11-19)13-18-5-3-2-4-6-18/h2-8,11-12,15,17,21H,9-10,13-14,16H2,1H3,(H,29,36)(H2,28,30,31). The summed E-state index contributed by atoms with van der Waals surface area (Å²) in [5.74, 6) is 0.725. The molecule has 182 valence electrons. The highest BCUT2D eigenvalue weighted by molar-refractivity contribution is 5.92. The average molecular weight is 481 g/mol. The van der Waals surface area contributed by atoms with Gasteiger partial charge in [0, 0.05) is 42.4 Å². The van der Waals surface area contributed by atoms with Crippen LogP contribution in [0.5, 0.6) is 0 Å². The van der Waals surface area contributed by atoms with Crippen molar-refractivity contribution in [1.29, 1.82) is 0 Å². The highest BCUT2D eigenvalue weighted by Gasteiger charge is 2.29. The molecule has 1 unspecified atom stereocenters. The smallest absolute Gasteiger partial charge is 0.233 e. The molecule has 5 aromatic rings. The van der Waals surface area contributed by atoms with Crippen LogP contribution in [0.2, 0.25) is 0 Å². The highest BCUT2D eigenvalue weighted by Crippen LogP contribution is 2.37. The van der Waals surface area contributed by atoms with Crippen molar-refractivity contribution < 1.29 is 4.79 Å². The zero-order chi connectivity index (χ0) is 24.6. The minimum atomic E-state index is 0.0305. The lowest BCUT2D eigenvalue weighted by Crippen LogP contribution is -2.34. The Morgan fingerprint density at radius 3 is 2.86 bits per heavy atom. The molecule has 1 aliphatic rings. The second kappa shape index (κ2) is 9.09. The van der Waals surface area contributed by atoms with Gasteiger partial charge < -0.3 is 11.1 Å². The van der Waals surface area contributed by atoms with E-state index in [1.54, 1.807) is 7.05 Å². The van der Waals surface area contributed by atoms with Crippen LogP contribution >= 0.6 is 0 Å². The summed E-state index contributed by atoms with van der Waals surface area (Å²) >= 11 is 0. The molecule has 3 aromatic heterocycles. The van der Waals surface area contributed by atoms with Crippen LogP contribution in [0, 0.1) is 0 Å². The molecule has 6 rings (SSSR count). The van der Waals surface area contributed by atoms with E-state index in [9.17, 15) is 4.79 Å². The summed E-state index contributed by atoms with van der Waals surface area (Å²) in [5.41, 5.74) is 12.4. The zero-order valence-electron chi connectivity index (χ0n) is 20.1. The number of benzene rings is 2. The van der Waals surface area contributed by atoms with Gasteiger partial charge in [-0.2, -0.15) is 10.2 Å². The predicted octanol–water partition coefficient (Wildman–Crippen LogP) is 2.91. The van der Waals surface area contributed by atoms with Crippen LogP contribution in [0.1, 0.15) is 23.6 Å². The van der Waals surface area contributed by atoms with E-state index in [2.05, 4.69) is 62.9 Å². The number of nitrogens with zero attached hydrogens (tertiary/aromatic N) is 6. The summed E-state index contributed by atoms with van der Waals surface area (Å²) in [6.45, 7) is 2.79. The molecule has 9 nitrogen and oxygen atoms in total. The van der Waals surface area contributed by atoms with E-state index in [1.807, 2.05) is 27.4 Å². The minimum absolute atomic E-state index is 0.0305. The fraction of sp³-hybridized carbons (Fsp3) is 0.259. The minimum Gasteiger partial charge on any atom is -0.382 e. The van der Waals surface area contributed by atoms with Crippen molar-refractivity contribution in [2.24, 2.45) is 0 Å². The number of rotatable bonds is 6. The summed E-state index contributed by atoms with van der Waals surface area (Å²) in [6, 6.07) is 18.8. The molecule has 0 aliphatic carbocycles. The Morgan fingerprint density at radius 1 is 1.17 bits per heavy atom. The number of nitrogen functional groups attached to an aromatic ring is 1. The van der Waals surface area contributed by atoms with Gasteiger partial charge in [0.15, 0.2) is 5.82 Å². The third-order valence-corrected chi connectivity index (χ3v) is 7.00. The Bertz CT molecular complexity index is 1550. The first-order valence-corrected chi connectivity index (χ1v) is 12.2. The topological polar surface area (TPSA) is 106 Å². The molecule has 2 aromatic carbocycles. The van der Waals surface area contributed by atoms with E-state index in [1.165, 1.54) is 11.9 Å². The third kappa shape index (κ3) is 4.07. The number of amides is 1. The molecular weight excluding hydrogens is 452 g/mol. The number of hydrogen-bond donors (Lipinski definition) is 2. The molecular formula is C27H28N8O. The first-order chi connectivity index (χ1) is 17.6. The second-order valence-electron chi connectivity index (χ2n) is 9.37. The summed E-state index contributed by atoms with van der Waals surface area (Å²) < 4.78 is 3.90. The quantitative estimate of drug-likeness (QED) is 0.387. The predicted molar refractivity (Wildman–Crippen MR) is 140 cm³/mol. The lowest BCUT2D eigenvalue weighted by atomic mass is 10.0. The molecule has 1 aliphatic heterocycles. The van der Waals surface area contributed by atoms with Crippen LogP contribution < -0.4 is 11.1 Å². The number of aromatic nitrogens is 5. The van der Waals surface area contributed by atoms with Gasteiger partial charge >= 0.3 is 0 Å². The van der Waals surface area contributed by atoms with Crippen LogP contribution in [0.25, 0.3) is 27.5 Å². The number of nitrogens with two attached hydrogens (primary N) is 1. The Morgan fingerprint density at radius 2 is 2.03 bits per heavy atom. The van der Waals surface area contributed by atoms with E-state index >= 15 is 0 Å². The van der Waals surface area contributed by atoms with Crippen molar-refractivity contribution in [2.45, 2.75) is 18.9 Å². The Kier molecular flexibility index (Phi) is 5.61. The summed E-state index contributed by atoms with van der Waals surface area (Å²) in [6.07, 6.45) is 4.53. The van der Waals surface area contributed by atoms with Gasteiger partial charge in [-0.15, -0.1) is 0 Å². The molecule has 1 atom stereocenters. The summed E-state index contributed by atoms with van der Waals surface area (Å²) in [4.78, 5) is 18.3. The highest BCUT2D eigenvalue weighted by atomic mass is 16.1. The fourth-order valence-corrected chi connectivity index (χ4v) is 5.19. The van der Waals surface area contributed by atoms with Crippen LogP contribution in [0.3, 0.4) is 0 Å². The van der Waals surface area contributed by atoms with Crippen molar-refractivity contribution in [1.82, 2.24) is 34.6 Å². The number of hydrogen-bond acceptors (Lipinski definition) is 6. The van der Waals surface area contributed by atoms with Crippen molar-refractivity contribution in [3.8, 4) is 11.1 Å². The van der Waals surface area contributed by atoms with Gasteiger partial charge in [-0.25, -0.2) is 9.50 Å². The van der Waals surface area contributed by atoms with E-state index in [4.69, 9.17) is 10.8 Å². The van der Waals surface area contributed by atoms with Gasteiger partial charge in [0.25, 0.3) is 0 Å². The molecule has 0 radical (unpaired) electrons. The van der Waals surface area contributed by atoms with Crippen LogP contribution in [0.4, 0.5) is 5.82 Å². The molecule has 3 N–H and O–H groups in total. The number of likely N-dealkylation sites (N-methyl/N-ethyl adjacent to an activating group) is 1. The monoisotopic (exact) mass is 480 g/mol. The van der Waals surface area contributed by atoms with E-state index < -0.39 is 0 Å². The van der Waals surface area contributed by atoms with Gasteiger partial charge in [-0.3, -0.25) is 14.4 Å². The number of anilines is 1. The SMILES string of the molecule is CNC(=O)CN1CCC(c2cc(-c3ccc4cn(Cc5ccccc5)nc4c3)c3c(N)ncnn23)C1. The van der Waals surface area contributed by atoms with Crippen LogP contribution in [-0.2, 0) is 11.3 Å². The lowest BCUT2D eigenvalue weighted by molar-refractivity contribution is -0.121. The number of carbonyl (C=O) groups excluding carboxylic acids is 1. The maximum absolute atomic E-state index is 11.9. The van der Waals surface area contributed by atoms with Gasteiger partial charge in [0.2, 0.25) is 5.91 Å².